The molecule has 0 spiro atoms. The lowest BCUT2D eigenvalue weighted by Gasteiger charge is -2.13. The largest absolute Gasteiger partial charge is 0.319 e. The van der Waals surface area contributed by atoms with E-state index in [0.717, 1.165) is 28.2 Å². The molecule has 0 saturated heterocycles. The fourth-order valence-corrected chi connectivity index (χ4v) is 2.37. The Morgan fingerprint density at radius 1 is 1.44 bits per heavy atom. The summed E-state index contributed by atoms with van der Waals surface area (Å²) in [4.78, 5) is 0. The smallest absolute Gasteiger partial charge is 0.149 e. The summed E-state index contributed by atoms with van der Waals surface area (Å²) in [5.41, 5.74) is 2.13. The Bertz CT molecular complexity index is 544. The topological polar surface area (TPSA) is 60.6 Å². The molecule has 1 atom stereocenters. The van der Waals surface area contributed by atoms with Gasteiger partial charge in [-0.05, 0) is 29.8 Å². The molecule has 2 rings (SSSR count). The van der Waals surface area contributed by atoms with E-state index >= 15 is 0 Å². The molecule has 1 unspecified atom stereocenters. The highest BCUT2D eigenvalue weighted by atomic mass is 79.9. The van der Waals surface area contributed by atoms with Crippen molar-refractivity contribution in [3.8, 4) is 0 Å². The molecule has 0 amide bonds. The van der Waals surface area contributed by atoms with E-state index in [2.05, 4.69) is 43.5 Å². The minimum Gasteiger partial charge on any atom is -0.319 e. The third kappa shape index (κ3) is 2.46. The summed E-state index contributed by atoms with van der Waals surface area (Å²) in [7, 11) is 3.89. The van der Waals surface area contributed by atoms with Gasteiger partial charge in [-0.3, -0.25) is 4.68 Å². The second-order valence-corrected chi connectivity index (χ2v) is 5.17. The normalized spacial score (nSPS) is 12.9. The zero-order valence-corrected chi connectivity index (χ0v) is 12.6. The highest BCUT2D eigenvalue weighted by Crippen LogP contribution is 2.20. The highest BCUT2D eigenvalue weighted by Gasteiger charge is 2.14. The summed E-state index contributed by atoms with van der Waals surface area (Å²) in [6.45, 7) is 4.78. The monoisotopic (exact) mass is 312 g/mol. The van der Waals surface area contributed by atoms with Crippen molar-refractivity contribution in [3.05, 3.63) is 28.0 Å². The van der Waals surface area contributed by atoms with E-state index in [1.165, 1.54) is 0 Å². The highest BCUT2D eigenvalue weighted by molar-refractivity contribution is 9.10. The molecule has 2 heterocycles. The number of hydrogen-bond donors (Lipinski definition) is 1. The van der Waals surface area contributed by atoms with E-state index in [0.29, 0.717) is 0 Å². The Hall–Kier alpha value is -1.21. The predicted octanol–water partition coefficient (Wildman–Crippen LogP) is 1.47. The van der Waals surface area contributed by atoms with Crippen molar-refractivity contribution in [1.29, 1.82) is 0 Å². The molecular weight excluding hydrogens is 296 g/mol. The molecule has 2 aromatic heterocycles. The summed E-state index contributed by atoms with van der Waals surface area (Å²) in [5, 5.41) is 15.8. The summed E-state index contributed by atoms with van der Waals surface area (Å²) < 4.78 is 4.86. The van der Waals surface area contributed by atoms with Crippen LogP contribution in [0.2, 0.25) is 0 Å². The van der Waals surface area contributed by atoms with Crippen molar-refractivity contribution in [2.45, 2.75) is 26.4 Å². The Labute approximate surface area is 115 Å². The first-order chi connectivity index (χ1) is 8.50. The van der Waals surface area contributed by atoms with Crippen LogP contribution in [0.4, 0.5) is 0 Å². The first-order valence-corrected chi connectivity index (χ1v) is 6.55. The van der Waals surface area contributed by atoms with E-state index < -0.39 is 0 Å². The van der Waals surface area contributed by atoms with Gasteiger partial charge in [0.1, 0.15) is 12.2 Å². The van der Waals surface area contributed by atoms with E-state index in [1.807, 2.05) is 30.3 Å². The second kappa shape index (κ2) is 5.19. The first kappa shape index (κ1) is 13.2. The van der Waals surface area contributed by atoms with Crippen molar-refractivity contribution in [2.24, 2.45) is 14.1 Å². The quantitative estimate of drug-likeness (QED) is 0.928. The molecule has 0 saturated carbocycles. The van der Waals surface area contributed by atoms with Crippen molar-refractivity contribution >= 4 is 15.9 Å². The van der Waals surface area contributed by atoms with Crippen LogP contribution in [0.5, 0.6) is 0 Å². The zero-order valence-electron chi connectivity index (χ0n) is 11.0. The van der Waals surface area contributed by atoms with Gasteiger partial charge in [-0.25, -0.2) is 0 Å². The van der Waals surface area contributed by atoms with Crippen molar-refractivity contribution in [1.82, 2.24) is 29.9 Å². The van der Waals surface area contributed by atoms with Gasteiger partial charge in [-0.2, -0.15) is 5.10 Å². The van der Waals surface area contributed by atoms with Crippen molar-refractivity contribution in [2.75, 3.05) is 0 Å². The third-order valence-corrected chi connectivity index (χ3v) is 4.00. The predicted molar refractivity (Wildman–Crippen MR) is 71.9 cm³/mol. The van der Waals surface area contributed by atoms with E-state index in [4.69, 9.17) is 0 Å². The fraction of sp³-hybridized carbons (Fsp3) is 0.545. The lowest BCUT2D eigenvalue weighted by atomic mass is 10.3. The van der Waals surface area contributed by atoms with E-state index in [9.17, 15) is 0 Å². The lowest BCUT2D eigenvalue weighted by Crippen LogP contribution is -2.22. The van der Waals surface area contributed by atoms with Gasteiger partial charge in [-0.15, -0.1) is 10.2 Å². The van der Waals surface area contributed by atoms with Crippen LogP contribution < -0.4 is 5.32 Å². The molecule has 7 heteroatoms. The van der Waals surface area contributed by atoms with Gasteiger partial charge in [0.2, 0.25) is 0 Å². The van der Waals surface area contributed by atoms with Gasteiger partial charge in [0.15, 0.2) is 0 Å². The Morgan fingerprint density at radius 2 is 2.17 bits per heavy atom. The van der Waals surface area contributed by atoms with Gasteiger partial charge < -0.3 is 9.88 Å². The minimum atomic E-state index is 0.139. The number of nitrogens with zero attached hydrogens (tertiary/aromatic N) is 5. The molecule has 0 aliphatic rings. The van der Waals surface area contributed by atoms with E-state index in [-0.39, 0.29) is 6.04 Å². The van der Waals surface area contributed by atoms with Gasteiger partial charge >= 0.3 is 0 Å². The number of rotatable bonds is 4. The molecule has 0 aliphatic heterocycles. The van der Waals surface area contributed by atoms with Crippen molar-refractivity contribution in [3.63, 3.8) is 0 Å². The molecule has 0 aliphatic carbocycles. The van der Waals surface area contributed by atoms with Crippen LogP contribution in [-0.4, -0.2) is 24.5 Å². The van der Waals surface area contributed by atoms with Gasteiger partial charge in [0, 0.05) is 20.6 Å². The number of aryl methyl sites for hydroxylation is 3. The second-order valence-electron chi connectivity index (χ2n) is 4.37. The summed E-state index contributed by atoms with van der Waals surface area (Å²) in [6.07, 6.45) is 1.71. The SMILES string of the molecule is Cc1nn(C)c(CNC(C)c2nncn2C)c1Br. The molecule has 2 aromatic rings. The van der Waals surface area contributed by atoms with Gasteiger partial charge in [0.25, 0.3) is 0 Å². The minimum absolute atomic E-state index is 0.139. The summed E-state index contributed by atoms with van der Waals surface area (Å²) in [5.74, 6) is 0.921. The molecular formula is C11H17BrN6. The van der Waals surface area contributed by atoms with E-state index in [1.54, 1.807) is 6.33 Å². The third-order valence-electron chi connectivity index (χ3n) is 2.97. The van der Waals surface area contributed by atoms with Gasteiger partial charge in [0.05, 0.1) is 21.9 Å². The molecule has 1 N–H and O–H groups in total. The average molecular weight is 313 g/mol. The van der Waals surface area contributed by atoms with Crippen molar-refractivity contribution < 1.29 is 0 Å². The Morgan fingerprint density at radius 3 is 2.67 bits per heavy atom. The van der Waals surface area contributed by atoms with Crippen LogP contribution in [0.1, 0.15) is 30.2 Å². The first-order valence-electron chi connectivity index (χ1n) is 5.76. The molecule has 0 fully saturated rings. The number of nitrogens with one attached hydrogen (secondary N) is 1. The molecule has 98 valence electrons. The number of aromatic nitrogens is 5. The molecule has 0 bridgehead atoms. The summed E-state index contributed by atoms with van der Waals surface area (Å²) in [6, 6.07) is 0.139. The van der Waals surface area contributed by atoms with Crippen LogP contribution in [0.3, 0.4) is 0 Å². The molecule has 18 heavy (non-hydrogen) atoms. The average Bonchev–Trinajstić information content (AvgIpc) is 2.83. The van der Waals surface area contributed by atoms with Crippen LogP contribution in [0.15, 0.2) is 10.8 Å². The fourth-order valence-electron chi connectivity index (χ4n) is 1.90. The molecule has 0 aromatic carbocycles. The van der Waals surface area contributed by atoms with Crippen LogP contribution >= 0.6 is 15.9 Å². The molecule has 0 radical (unpaired) electrons. The standard InChI is InChI=1S/C11H17BrN6/c1-7-10(12)9(18(4)16-7)5-13-8(2)11-15-14-6-17(11)3/h6,8,13H,5H2,1-4H3. The van der Waals surface area contributed by atoms with Crippen LogP contribution in [-0.2, 0) is 20.6 Å². The number of hydrogen-bond acceptors (Lipinski definition) is 4. The molecule has 6 nitrogen and oxygen atoms in total. The zero-order chi connectivity index (χ0) is 13.3. The number of halogens is 1. The Balaban J connectivity index is 2.06. The van der Waals surface area contributed by atoms with Gasteiger partial charge in [-0.1, -0.05) is 0 Å². The Kier molecular flexibility index (Phi) is 3.82. The van der Waals surface area contributed by atoms with Crippen LogP contribution in [0, 0.1) is 6.92 Å². The summed E-state index contributed by atoms with van der Waals surface area (Å²) >= 11 is 3.56. The van der Waals surface area contributed by atoms with Crippen LogP contribution in [0.25, 0.3) is 0 Å². The maximum absolute atomic E-state index is 4.37. The maximum atomic E-state index is 4.37. The maximum Gasteiger partial charge on any atom is 0.149 e. The lowest BCUT2D eigenvalue weighted by molar-refractivity contribution is 0.511.